The molecule has 1 N–H and O–H groups in total. The SMILES string of the molecule is CC[C@@H](C(=O)NC)N(Cc1cccc(OC)c1)C(=O)CSCc1cccc(Cl)c1. The highest BCUT2D eigenvalue weighted by Crippen LogP contribution is 2.20. The van der Waals surface area contributed by atoms with Gasteiger partial charge >= 0.3 is 0 Å². The molecule has 29 heavy (non-hydrogen) atoms. The van der Waals surface area contributed by atoms with Crippen LogP contribution in [0.15, 0.2) is 48.5 Å². The Hall–Kier alpha value is -2.18. The van der Waals surface area contributed by atoms with Crippen molar-refractivity contribution in [2.24, 2.45) is 0 Å². The van der Waals surface area contributed by atoms with Crippen LogP contribution in [-0.4, -0.2) is 42.7 Å². The molecule has 0 radical (unpaired) electrons. The van der Waals surface area contributed by atoms with Gasteiger partial charge in [-0.2, -0.15) is 0 Å². The largest absolute Gasteiger partial charge is 0.497 e. The maximum atomic E-state index is 13.0. The predicted octanol–water partition coefficient (Wildman–Crippen LogP) is 4.14. The second-order valence-electron chi connectivity index (χ2n) is 6.53. The summed E-state index contributed by atoms with van der Waals surface area (Å²) in [5, 5.41) is 3.35. The van der Waals surface area contributed by atoms with Crippen LogP contribution in [0.1, 0.15) is 24.5 Å². The highest BCUT2D eigenvalue weighted by atomic mass is 35.5. The normalized spacial score (nSPS) is 11.6. The van der Waals surface area contributed by atoms with Crippen LogP contribution >= 0.6 is 23.4 Å². The van der Waals surface area contributed by atoms with Crippen LogP contribution in [0.25, 0.3) is 0 Å². The monoisotopic (exact) mass is 434 g/mol. The number of nitrogens with one attached hydrogen (secondary N) is 1. The molecule has 2 aromatic rings. The lowest BCUT2D eigenvalue weighted by Crippen LogP contribution is -2.48. The van der Waals surface area contributed by atoms with Gasteiger partial charge in [-0.15, -0.1) is 11.8 Å². The number of amides is 2. The number of hydrogen-bond donors (Lipinski definition) is 1. The van der Waals surface area contributed by atoms with E-state index in [4.69, 9.17) is 16.3 Å². The van der Waals surface area contributed by atoms with Crippen LogP contribution in [0, 0.1) is 0 Å². The molecule has 0 fully saturated rings. The zero-order chi connectivity index (χ0) is 21.2. The lowest BCUT2D eigenvalue weighted by Gasteiger charge is -2.30. The number of methoxy groups -OCH3 is 1. The van der Waals surface area contributed by atoms with Crippen molar-refractivity contribution in [1.82, 2.24) is 10.2 Å². The summed E-state index contributed by atoms with van der Waals surface area (Å²) >= 11 is 7.53. The van der Waals surface area contributed by atoms with Crippen LogP contribution in [-0.2, 0) is 21.9 Å². The minimum Gasteiger partial charge on any atom is -0.497 e. The molecule has 7 heteroatoms. The summed E-state index contributed by atoms with van der Waals surface area (Å²) in [6.07, 6.45) is 0.536. The highest BCUT2D eigenvalue weighted by molar-refractivity contribution is 7.99. The molecule has 0 bridgehead atoms. The molecule has 0 aliphatic rings. The van der Waals surface area contributed by atoms with Gasteiger partial charge in [-0.05, 0) is 41.8 Å². The minimum absolute atomic E-state index is 0.0738. The molecule has 1 atom stereocenters. The molecule has 0 aliphatic carbocycles. The Bertz CT molecular complexity index is 831. The minimum atomic E-state index is -0.523. The van der Waals surface area contributed by atoms with Crippen LogP contribution in [0.2, 0.25) is 5.02 Å². The summed E-state index contributed by atoms with van der Waals surface area (Å²) in [6, 6.07) is 14.6. The highest BCUT2D eigenvalue weighted by Gasteiger charge is 2.27. The van der Waals surface area contributed by atoms with Gasteiger partial charge in [0, 0.05) is 24.4 Å². The van der Waals surface area contributed by atoms with Crippen molar-refractivity contribution in [1.29, 1.82) is 0 Å². The number of benzene rings is 2. The van der Waals surface area contributed by atoms with Crippen molar-refractivity contribution in [2.75, 3.05) is 19.9 Å². The Kier molecular flexibility index (Phi) is 9.35. The van der Waals surface area contributed by atoms with Crippen molar-refractivity contribution < 1.29 is 14.3 Å². The second kappa shape index (κ2) is 11.7. The van der Waals surface area contributed by atoms with Crippen LogP contribution in [0.5, 0.6) is 5.75 Å². The maximum Gasteiger partial charge on any atom is 0.242 e. The Morgan fingerprint density at radius 3 is 2.55 bits per heavy atom. The van der Waals surface area contributed by atoms with Crippen molar-refractivity contribution >= 4 is 35.2 Å². The summed E-state index contributed by atoms with van der Waals surface area (Å²) < 4.78 is 5.28. The van der Waals surface area contributed by atoms with Crippen LogP contribution in [0.4, 0.5) is 0 Å². The van der Waals surface area contributed by atoms with Gasteiger partial charge in [0.1, 0.15) is 11.8 Å². The third kappa shape index (κ3) is 6.98. The molecule has 2 amide bonds. The molecular weight excluding hydrogens is 408 g/mol. The van der Waals surface area contributed by atoms with E-state index in [0.717, 1.165) is 16.9 Å². The summed E-state index contributed by atoms with van der Waals surface area (Å²) in [5.41, 5.74) is 1.98. The van der Waals surface area contributed by atoms with Gasteiger partial charge in [0.15, 0.2) is 0 Å². The van der Waals surface area contributed by atoms with Crippen LogP contribution < -0.4 is 10.1 Å². The molecule has 0 aliphatic heterocycles. The lowest BCUT2D eigenvalue weighted by molar-refractivity contribution is -0.139. The van der Waals surface area contributed by atoms with E-state index in [0.29, 0.717) is 23.7 Å². The first-order valence-electron chi connectivity index (χ1n) is 9.44. The number of halogens is 1. The van der Waals surface area contributed by atoms with E-state index in [1.165, 1.54) is 11.8 Å². The van der Waals surface area contributed by atoms with E-state index in [1.807, 2.05) is 55.5 Å². The standard InChI is InChI=1S/C22H27ClN2O3S/c1-4-20(22(27)24-2)25(13-16-7-6-10-19(12-16)28-3)21(26)15-29-14-17-8-5-9-18(23)11-17/h5-12,20H,4,13-15H2,1-3H3,(H,24,27)/t20-/m0/s1. The lowest BCUT2D eigenvalue weighted by atomic mass is 10.1. The fourth-order valence-electron chi connectivity index (χ4n) is 3.02. The number of hydrogen-bond acceptors (Lipinski definition) is 4. The third-order valence-electron chi connectivity index (χ3n) is 4.50. The molecule has 156 valence electrons. The maximum absolute atomic E-state index is 13.0. The molecule has 0 spiro atoms. The Balaban J connectivity index is 2.12. The van der Waals surface area contributed by atoms with E-state index in [9.17, 15) is 9.59 Å². The van der Waals surface area contributed by atoms with E-state index >= 15 is 0 Å². The summed E-state index contributed by atoms with van der Waals surface area (Å²) in [4.78, 5) is 27.1. The quantitative estimate of drug-likeness (QED) is 0.610. The van der Waals surface area contributed by atoms with Gasteiger partial charge in [-0.1, -0.05) is 42.8 Å². The molecule has 2 aromatic carbocycles. The summed E-state index contributed by atoms with van der Waals surface area (Å²) in [6.45, 7) is 2.25. The number of thioether (sulfide) groups is 1. The second-order valence-corrected chi connectivity index (χ2v) is 7.96. The van der Waals surface area contributed by atoms with Crippen molar-refractivity contribution in [3.8, 4) is 5.75 Å². The zero-order valence-electron chi connectivity index (χ0n) is 17.0. The summed E-state index contributed by atoms with van der Waals surface area (Å²) in [5.74, 6) is 1.44. The molecule has 0 saturated heterocycles. The third-order valence-corrected chi connectivity index (χ3v) is 5.73. The first-order chi connectivity index (χ1) is 14.0. The van der Waals surface area contributed by atoms with E-state index in [1.54, 1.807) is 19.1 Å². The Morgan fingerprint density at radius 1 is 1.17 bits per heavy atom. The van der Waals surface area contributed by atoms with Crippen molar-refractivity contribution in [3.05, 3.63) is 64.7 Å². The predicted molar refractivity (Wildman–Crippen MR) is 119 cm³/mol. The van der Waals surface area contributed by atoms with Gasteiger partial charge in [-0.3, -0.25) is 9.59 Å². The van der Waals surface area contributed by atoms with E-state index < -0.39 is 6.04 Å². The number of rotatable bonds is 10. The fourth-order valence-corrected chi connectivity index (χ4v) is 4.09. The molecular formula is C22H27ClN2O3S. The fraction of sp³-hybridized carbons (Fsp3) is 0.364. The van der Waals surface area contributed by atoms with Crippen molar-refractivity contribution in [3.63, 3.8) is 0 Å². The molecule has 0 unspecified atom stereocenters. The average molecular weight is 435 g/mol. The smallest absolute Gasteiger partial charge is 0.242 e. The van der Waals surface area contributed by atoms with Crippen molar-refractivity contribution in [2.45, 2.75) is 31.7 Å². The number of carbonyl (C=O) groups excluding carboxylic acids is 2. The summed E-state index contributed by atoms with van der Waals surface area (Å²) in [7, 11) is 3.20. The van der Waals surface area contributed by atoms with Gasteiger partial charge < -0.3 is 15.0 Å². The number of ether oxygens (including phenoxy) is 1. The Morgan fingerprint density at radius 2 is 1.90 bits per heavy atom. The molecule has 2 rings (SSSR count). The first-order valence-corrected chi connectivity index (χ1v) is 11.0. The van der Waals surface area contributed by atoms with E-state index in [2.05, 4.69) is 5.32 Å². The molecule has 0 aromatic heterocycles. The van der Waals surface area contributed by atoms with E-state index in [-0.39, 0.29) is 17.6 Å². The zero-order valence-corrected chi connectivity index (χ0v) is 18.6. The molecule has 5 nitrogen and oxygen atoms in total. The van der Waals surface area contributed by atoms with Gasteiger partial charge in [0.05, 0.1) is 12.9 Å². The van der Waals surface area contributed by atoms with Crippen LogP contribution in [0.3, 0.4) is 0 Å². The average Bonchev–Trinajstić information content (AvgIpc) is 2.73. The number of carbonyl (C=O) groups is 2. The number of nitrogens with zero attached hydrogens (tertiary/aromatic N) is 1. The molecule has 0 heterocycles. The number of likely N-dealkylation sites (N-methyl/N-ethyl adjacent to an activating group) is 1. The Labute approximate surface area is 181 Å². The topological polar surface area (TPSA) is 58.6 Å². The van der Waals surface area contributed by atoms with Gasteiger partial charge in [-0.25, -0.2) is 0 Å². The van der Waals surface area contributed by atoms with Gasteiger partial charge in [0.25, 0.3) is 0 Å². The first kappa shape index (κ1) is 23.1. The molecule has 0 saturated carbocycles. The van der Waals surface area contributed by atoms with Gasteiger partial charge in [0.2, 0.25) is 11.8 Å².